The van der Waals surface area contributed by atoms with E-state index in [9.17, 15) is 40.5 Å². The van der Waals surface area contributed by atoms with Gasteiger partial charge in [-0.3, -0.25) is 4.79 Å². The van der Waals surface area contributed by atoms with Gasteiger partial charge in [0.15, 0.2) is 6.29 Å². The second-order valence-electron chi connectivity index (χ2n) is 23.9. The lowest BCUT2D eigenvalue weighted by Gasteiger charge is -2.40. The standard InChI is InChI=1S/C66H129NO10/c1-3-5-7-9-11-13-15-17-19-21-23-25-26-27-28-29-30-31-32-33-34-36-38-40-42-44-46-48-50-52-54-59(70)65(75)67-57(56-76-66-64(74)63(73)62(72)60(55-68)77-66)61(71)58(69)53-51-49-47-45-43-41-39-37-35-24-22-20-18-16-14-12-10-8-6-4-2/h27-28,57-64,66,68-74H,3-26,29-56H2,1-2H3,(H,67,75)/b28-27-. The summed E-state index contributed by atoms with van der Waals surface area (Å²) in [5, 5.41) is 76.4. The highest BCUT2D eigenvalue weighted by molar-refractivity contribution is 5.80. The number of aliphatic hydroxyl groups excluding tert-OH is 7. The molecule has 0 aromatic rings. The van der Waals surface area contributed by atoms with E-state index in [1.165, 1.54) is 257 Å². The molecule has 0 saturated carbocycles. The molecule has 11 nitrogen and oxygen atoms in total. The van der Waals surface area contributed by atoms with Crippen LogP contribution < -0.4 is 5.32 Å². The molecule has 8 N–H and O–H groups in total. The molecule has 458 valence electrons. The van der Waals surface area contributed by atoms with Gasteiger partial charge in [-0.1, -0.05) is 309 Å². The lowest BCUT2D eigenvalue weighted by atomic mass is 9.98. The van der Waals surface area contributed by atoms with Crippen molar-refractivity contribution in [2.75, 3.05) is 13.2 Å². The zero-order chi connectivity index (χ0) is 56.1. The van der Waals surface area contributed by atoms with E-state index in [0.717, 1.165) is 38.5 Å². The minimum Gasteiger partial charge on any atom is -0.394 e. The van der Waals surface area contributed by atoms with Gasteiger partial charge in [-0.2, -0.15) is 0 Å². The second kappa shape index (κ2) is 55.4. The number of hydrogen-bond acceptors (Lipinski definition) is 10. The third-order valence-corrected chi connectivity index (χ3v) is 16.6. The van der Waals surface area contributed by atoms with Gasteiger partial charge in [0.1, 0.15) is 36.6 Å². The van der Waals surface area contributed by atoms with Crippen molar-refractivity contribution in [2.45, 2.75) is 390 Å². The SMILES string of the molecule is CCCCCCCCCCCCCC/C=C\CCCCCCCCCCCCCCCCC(O)C(=O)NC(COC1OC(CO)C(O)C(O)C1O)C(O)C(O)CCCCCCCCCCCCCCCCCCCCCC. The van der Waals surface area contributed by atoms with E-state index in [2.05, 4.69) is 31.3 Å². The lowest BCUT2D eigenvalue weighted by Crippen LogP contribution is -2.60. The lowest BCUT2D eigenvalue weighted by molar-refractivity contribution is -0.303. The number of carbonyl (C=O) groups excluding carboxylic acids is 1. The Labute approximate surface area is 474 Å². The van der Waals surface area contributed by atoms with Gasteiger partial charge >= 0.3 is 0 Å². The van der Waals surface area contributed by atoms with Crippen LogP contribution in [0.25, 0.3) is 0 Å². The molecule has 0 bridgehead atoms. The zero-order valence-corrected chi connectivity index (χ0v) is 50.5. The summed E-state index contributed by atoms with van der Waals surface area (Å²) in [6.45, 7) is 3.51. The van der Waals surface area contributed by atoms with Gasteiger partial charge in [-0.05, 0) is 38.5 Å². The van der Waals surface area contributed by atoms with E-state index in [4.69, 9.17) is 9.47 Å². The maximum Gasteiger partial charge on any atom is 0.249 e. The third-order valence-electron chi connectivity index (χ3n) is 16.6. The Morgan fingerprint density at radius 3 is 1.09 bits per heavy atom. The Balaban J connectivity index is 2.20. The fourth-order valence-electron chi connectivity index (χ4n) is 11.1. The molecule has 1 fully saturated rings. The van der Waals surface area contributed by atoms with Crippen LogP contribution in [0.4, 0.5) is 0 Å². The quantitative estimate of drug-likeness (QED) is 0.0215. The van der Waals surface area contributed by atoms with Gasteiger partial charge in [-0.25, -0.2) is 0 Å². The topological polar surface area (TPSA) is 189 Å². The fourth-order valence-corrected chi connectivity index (χ4v) is 11.1. The predicted octanol–water partition coefficient (Wildman–Crippen LogP) is 15.5. The van der Waals surface area contributed by atoms with Crippen molar-refractivity contribution in [3.8, 4) is 0 Å². The maximum absolute atomic E-state index is 13.2. The minimum atomic E-state index is -1.66. The molecular weight excluding hydrogens is 967 g/mol. The first-order valence-corrected chi connectivity index (χ1v) is 33.6. The van der Waals surface area contributed by atoms with Crippen LogP contribution in [0.15, 0.2) is 12.2 Å². The van der Waals surface area contributed by atoms with Crippen LogP contribution in [0.2, 0.25) is 0 Å². The Morgan fingerprint density at radius 1 is 0.442 bits per heavy atom. The van der Waals surface area contributed by atoms with Gasteiger partial charge in [0.25, 0.3) is 0 Å². The third kappa shape index (κ3) is 43.2. The van der Waals surface area contributed by atoms with E-state index in [1.807, 2.05) is 0 Å². The molecule has 1 heterocycles. The Bertz CT molecular complexity index is 1260. The molecule has 0 aliphatic carbocycles. The molecule has 0 aromatic carbocycles. The molecule has 1 amide bonds. The molecule has 0 radical (unpaired) electrons. The molecular formula is C66H129NO10. The molecule has 9 atom stereocenters. The van der Waals surface area contributed by atoms with E-state index in [0.29, 0.717) is 19.3 Å². The average molecular weight is 1100 g/mol. The minimum absolute atomic E-state index is 0.264. The van der Waals surface area contributed by atoms with Crippen LogP contribution in [-0.2, 0) is 14.3 Å². The summed E-state index contributed by atoms with van der Waals surface area (Å²) in [5.41, 5.74) is 0. The summed E-state index contributed by atoms with van der Waals surface area (Å²) in [7, 11) is 0. The van der Waals surface area contributed by atoms with Crippen molar-refractivity contribution >= 4 is 5.91 Å². The Morgan fingerprint density at radius 2 is 0.753 bits per heavy atom. The fraction of sp³-hybridized carbons (Fsp3) is 0.955. The van der Waals surface area contributed by atoms with Crippen molar-refractivity contribution in [2.24, 2.45) is 0 Å². The summed E-state index contributed by atoms with van der Waals surface area (Å²) >= 11 is 0. The zero-order valence-electron chi connectivity index (χ0n) is 50.5. The first kappa shape index (κ1) is 73.9. The Hall–Kier alpha value is -1.15. The molecule has 1 aliphatic rings. The molecule has 1 rings (SSSR count). The number of ether oxygens (including phenoxy) is 2. The smallest absolute Gasteiger partial charge is 0.249 e. The number of aliphatic hydroxyl groups is 7. The number of rotatable bonds is 59. The second-order valence-corrected chi connectivity index (χ2v) is 23.9. The van der Waals surface area contributed by atoms with Crippen molar-refractivity contribution in [3.63, 3.8) is 0 Å². The van der Waals surface area contributed by atoms with E-state index < -0.39 is 74.2 Å². The normalized spacial score (nSPS) is 19.5. The summed E-state index contributed by atoms with van der Waals surface area (Å²) in [5.74, 6) is -0.690. The van der Waals surface area contributed by atoms with E-state index in [-0.39, 0.29) is 6.42 Å². The van der Waals surface area contributed by atoms with Gasteiger partial charge in [-0.15, -0.1) is 0 Å². The highest BCUT2D eigenvalue weighted by Gasteiger charge is 2.44. The number of unbranched alkanes of at least 4 members (excludes halogenated alkanes) is 45. The van der Waals surface area contributed by atoms with Crippen LogP contribution in [0.5, 0.6) is 0 Å². The summed E-state index contributed by atoms with van der Waals surface area (Å²) in [6, 6.07) is -1.17. The number of amides is 1. The molecule has 1 saturated heterocycles. The van der Waals surface area contributed by atoms with Crippen molar-refractivity contribution in [1.82, 2.24) is 5.32 Å². The van der Waals surface area contributed by atoms with E-state index >= 15 is 0 Å². The van der Waals surface area contributed by atoms with Gasteiger partial charge in [0.2, 0.25) is 5.91 Å². The number of hydrogen-bond donors (Lipinski definition) is 8. The maximum atomic E-state index is 13.2. The van der Waals surface area contributed by atoms with Crippen LogP contribution in [-0.4, -0.2) is 110 Å². The monoisotopic (exact) mass is 1100 g/mol. The largest absolute Gasteiger partial charge is 0.394 e. The first-order chi connectivity index (χ1) is 37.7. The highest BCUT2D eigenvalue weighted by Crippen LogP contribution is 2.24. The van der Waals surface area contributed by atoms with Gasteiger partial charge < -0.3 is 50.5 Å². The molecule has 0 spiro atoms. The van der Waals surface area contributed by atoms with Crippen LogP contribution in [0.1, 0.15) is 335 Å². The number of carbonyl (C=O) groups is 1. The average Bonchev–Trinajstić information content (AvgIpc) is 3.43. The van der Waals surface area contributed by atoms with E-state index in [1.54, 1.807) is 0 Å². The molecule has 9 unspecified atom stereocenters. The van der Waals surface area contributed by atoms with Crippen molar-refractivity contribution in [3.05, 3.63) is 12.2 Å². The number of allylic oxidation sites excluding steroid dienone is 2. The summed E-state index contributed by atoms with van der Waals surface area (Å²) < 4.78 is 11.2. The Kier molecular flexibility index (Phi) is 53.1. The summed E-state index contributed by atoms with van der Waals surface area (Å²) in [4.78, 5) is 13.2. The van der Waals surface area contributed by atoms with Gasteiger partial charge in [0.05, 0.1) is 25.4 Å². The number of nitrogens with one attached hydrogen (secondary N) is 1. The molecule has 77 heavy (non-hydrogen) atoms. The van der Waals surface area contributed by atoms with Crippen molar-refractivity contribution in [1.29, 1.82) is 0 Å². The van der Waals surface area contributed by atoms with Crippen molar-refractivity contribution < 1.29 is 50.0 Å². The van der Waals surface area contributed by atoms with Gasteiger partial charge in [0, 0.05) is 0 Å². The molecule has 11 heteroatoms. The van der Waals surface area contributed by atoms with Crippen LogP contribution in [0.3, 0.4) is 0 Å². The van der Waals surface area contributed by atoms with Crippen LogP contribution >= 0.6 is 0 Å². The highest BCUT2D eigenvalue weighted by atomic mass is 16.7. The van der Waals surface area contributed by atoms with Crippen LogP contribution in [0, 0.1) is 0 Å². The summed E-state index contributed by atoms with van der Waals surface area (Å²) in [6.07, 6.45) is 55.7. The molecule has 1 aliphatic heterocycles. The first-order valence-electron chi connectivity index (χ1n) is 33.6. The molecule has 0 aromatic heterocycles. The predicted molar refractivity (Wildman–Crippen MR) is 321 cm³/mol.